The molecule has 1 heterocycles. The normalized spacial score (nSPS) is 14.2. The predicted octanol–water partition coefficient (Wildman–Crippen LogP) is 5.42. The first-order chi connectivity index (χ1) is 15.6. The molecule has 1 fully saturated rings. The van der Waals surface area contributed by atoms with Crippen molar-refractivity contribution in [2.45, 2.75) is 13.2 Å². The number of thiocarbonyl (C=S) groups is 1. The van der Waals surface area contributed by atoms with Crippen molar-refractivity contribution >= 4 is 28.8 Å². The number of nitrogens with zero attached hydrogens (tertiary/aromatic N) is 2. The highest BCUT2D eigenvalue weighted by atomic mass is 35.5. The van der Waals surface area contributed by atoms with E-state index in [-0.39, 0.29) is 0 Å². The number of rotatable bonds is 7. The summed E-state index contributed by atoms with van der Waals surface area (Å²) in [6.07, 6.45) is 0. The van der Waals surface area contributed by atoms with Crippen LogP contribution in [-0.4, -0.2) is 48.1 Å². The second-order valence-corrected chi connectivity index (χ2v) is 8.66. The van der Waals surface area contributed by atoms with E-state index in [2.05, 4.69) is 40.1 Å². The Morgan fingerprint density at radius 2 is 1.59 bits per heavy atom. The molecule has 0 unspecified atom stereocenters. The smallest absolute Gasteiger partial charge is 0.161 e. The van der Waals surface area contributed by atoms with Crippen molar-refractivity contribution < 1.29 is 9.47 Å². The van der Waals surface area contributed by atoms with Crippen LogP contribution in [-0.2, 0) is 13.2 Å². The first-order valence-electron chi connectivity index (χ1n) is 10.7. The molecule has 1 saturated heterocycles. The second kappa shape index (κ2) is 10.8. The molecule has 4 nitrogen and oxygen atoms in total. The summed E-state index contributed by atoms with van der Waals surface area (Å²) in [4.78, 5) is 5.61. The lowest BCUT2D eigenvalue weighted by Gasteiger charge is -2.36. The van der Waals surface area contributed by atoms with Crippen molar-refractivity contribution in [3.8, 4) is 11.5 Å². The summed E-state index contributed by atoms with van der Waals surface area (Å²) < 4.78 is 11.6. The van der Waals surface area contributed by atoms with Crippen LogP contribution in [0.4, 0.5) is 0 Å². The van der Waals surface area contributed by atoms with Gasteiger partial charge in [-0.25, -0.2) is 0 Å². The van der Waals surface area contributed by atoms with E-state index >= 15 is 0 Å². The zero-order valence-electron chi connectivity index (χ0n) is 18.2. The molecule has 3 aromatic carbocycles. The molecule has 0 amide bonds. The zero-order valence-corrected chi connectivity index (χ0v) is 19.7. The standard InChI is InChI=1S/C26H27ClN2O2S/c1-30-25-17-22(9-12-24(25)31-19-21-7-10-23(27)11-8-21)26(32)29-15-13-28(14-16-29)18-20-5-3-2-4-6-20/h2-12,17H,13-16,18-19H2,1H3. The molecular weight excluding hydrogens is 440 g/mol. The molecule has 0 aromatic heterocycles. The third-order valence-electron chi connectivity index (χ3n) is 5.63. The summed E-state index contributed by atoms with van der Waals surface area (Å²) in [5, 5.41) is 0.713. The largest absolute Gasteiger partial charge is 0.493 e. The van der Waals surface area contributed by atoms with E-state index in [9.17, 15) is 0 Å². The van der Waals surface area contributed by atoms with Gasteiger partial charge in [-0.05, 0) is 41.5 Å². The van der Waals surface area contributed by atoms with Gasteiger partial charge in [0.25, 0.3) is 0 Å². The van der Waals surface area contributed by atoms with Crippen LogP contribution >= 0.6 is 23.8 Å². The second-order valence-electron chi connectivity index (χ2n) is 7.83. The highest BCUT2D eigenvalue weighted by Gasteiger charge is 2.20. The van der Waals surface area contributed by atoms with E-state index in [0.29, 0.717) is 23.1 Å². The van der Waals surface area contributed by atoms with Gasteiger partial charge in [0.2, 0.25) is 0 Å². The van der Waals surface area contributed by atoms with Gasteiger partial charge in [0.05, 0.1) is 7.11 Å². The molecule has 0 saturated carbocycles. The SMILES string of the molecule is COc1cc(C(=S)N2CCN(Cc3ccccc3)CC2)ccc1OCc1ccc(Cl)cc1. The quantitative estimate of drug-likeness (QED) is 0.433. The average molecular weight is 467 g/mol. The Kier molecular flexibility index (Phi) is 7.63. The summed E-state index contributed by atoms with van der Waals surface area (Å²) >= 11 is 11.8. The third kappa shape index (κ3) is 5.80. The Labute approximate surface area is 200 Å². The van der Waals surface area contributed by atoms with Crippen LogP contribution in [0.1, 0.15) is 16.7 Å². The third-order valence-corrected chi connectivity index (χ3v) is 6.37. The molecule has 0 N–H and O–H groups in total. The Balaban J connectivity index is 1.35. The summed E-state index contributed by atoms with van der Waals surface area (Å²) in [5.74, 6) is 1.38. The summed E-state index contributed by atoms with van der Waals surface area (Å²) in [7, 11) is 1.65. The zero-order chi connectivity index (χ0) is 22.3. The Bertz CT molecular complexity index is 1040. The van der Waals surface area contributed by atoms with Crippen LogP contribution < -0.4 is 9.47 Å². The number of halogens is 1. The topological polar surface area (TPSA) is 24.9 Å². The number of ether oxygens (including phenoxy) is 2. The monoisotopic (exact) mass is 466 g/mol. The lowest BCUT2D eigenvalue weighted by atomic mass is 10.1. The van der Waals surface area contributed by atoms with Crippen molar-refractivity contribution in [1.29, 1.82) is 0 Å². The molecule has 0 spiro atoms. The van der Waals surface area contributed by atoms with Gasteiger partial charge in [0.1, 0.15) is 11.6 Å². The summed E-state index contributed by atoms with van der Waals surface area (Å²) in [5.41, 5.74) is 3.37. The fourth-order valence-corrected chi connectivity index (χ4v) is 4.23. The first-order valence-corrected chi connectivity index (χ1v) is 11.5. The maximum Gasteiger partial charge on any atom is 0.161 e. The number of hydrogen-bond acceptors (Lipinski definition) is 4. The van der Waals surface area contributed by atoms with Gasteiger partial charge in [0.15, 0.2) is 11.5 Å². The van der Waals surface area contributed by atoms with Crippen LogP contribution in [0, 0.1) is 0 Å². The van der Waals surface area contributed by atoms with Crippen LogP contribution in [0.15, 0.2) is 72.8 Å². The van der Waals surface area contributed by atoms with Gasteiger partial charge in [-0.2, -0.15) is 0 Å². The van der Waals surface area contributed by atoms with Crippen molar-refractivity contribution in [3.63, 3.8) is 0 Å². The Morgan fingerprint density at radius 1 is 0.875 bits per heavy atom. The van der Waals surface area contributed by atoms with Crippen molar-refractivity contribution in [3.05, 3.63) is 94.5 Å². The molecule has 3 aromatic rings. The molecule has 1 aliphatic rings. The maximum absolute atomic E-state index is 5.97. The van der Waals surface area contributed by atoms with Crippen LogP contribution in [0.3, 0.4) is 0 Å². The highest BCUT2D eigenvalue weighted by molar-refractivity contribution is 7.80. The van der Waals surface area contributed by atoms with Crippen LogP contribution in [0.5, 0.6) is 11.5 Å². The Hall–Kier alpha value is -2.60. The Morgan fingerprint density at radius 3 is 2.28 bits per heavy atom. The molecule has 4 rings (SSSR count). The van der Waals surface area contributed by atoms with Crippen molar-refractivity contribution in [2.75, 3.05) is 33.3 Å². The fraction of sp³-hybridized carbons (Fsp3) is 0.269. The fourth-order valence-electron chi connectivity index (χ4n) is 3.79. The van der Waals surface area contributed by atoms with E-state index in [1.807, 2.05) is 42.5 Å². The number of hydrogen-bond donors (Lipinski definition) is 0. The van der Waals surface area contributed by atoms with Crippen molar-refractivity contribution in [2.24, 2.45) is 0 Å². The number of benzene rings is 3. The molecule has 0 aliphatic carbocycles. The van der Waals surface area contributed by atoms with Crippen LogP contribution in [0.2, 0.25) is 5.02 Å². The van der Waals surface area contributed by atoms with E-state index in [1.165, 1.54) is 5.56 Å². The molecular formula is C26H27ClN2O2S. The van der Waals surface area contributed by atoms with Gasteiger partial charge in [-0.15, -0.1) is 0 Å². The number of piperazine rings is 1. The van der Waals surface area contributed by atoms with E-state index in [1.54, 1.807) is 7.11 Å². The van der Waals surface area contributed by atoms with Crippen molar-refractivity contribution in [1.82, 2.24) is 9.80 Å². The van der Waals surface area contributed by atoms with E-state index in [4.69, 9.17) is 33.3 Å². The minimum atomic E-state index is 0.445. The number of methoxy groups -OCH3 is 1. The molecule has 6 heteroatoms. The van der Waals surface area contributed by atoms with Gasteiger partial charge in [-0.1, -0.05) is 66.3 Å². The van der Waals surface area contributed by atoms with E-state index < -0.39 is 0 Å². The molecule has 166 valence electrons. The average Bonchev–Trinajstić information content (AvgIpc) is 2.84. The summed E-state index contributed by atoms with van der Waals surface area (Å²) in [6, 6.07) is 24.1. The maximum atomic E-state index is 5.97. The van der Waals surface area contributed by atoms with Crippen LogP contribution in [0.25, 0.3) is 0 Å². The van der Waals surface area contributed by atoms with Gasteiger partial charge >= 0.3 is 0 Å². The lowest BCUT2D eigenvalue weighted by Crippen LogP contribution is -2.48. The predicted molar refractivity (Wildman–Crippen MR) is 134 cm³/mol. The van der Waals surface area contributed by atoms with Gasteiger partial charge < -0.3 is 14.4 Å². The summed E-state index contributed by atoms with van der Waals surface area (Å²) in [6.45, 7) is 5.25. The minimum absolute atomic E-state index is 0.445. The molecule has 0 bridgehead atoms. The molecule has 0 atom stereocenters. The molecule has 0 radical (unpaired) electrons. The minimum Gasteiger partial charge on any atom is -0.493 e. The van der Waals surface area contributed by atoms with Gasteiger partial charge in [0, 0.05) is 43.3 Å². The lowest BCUT2D eigenvalue weighted by molar-refractivity contribution is 0.177. The first kappa shape index (κ1) is 22.6. The molecule has 32 heavy (non-hydrogen) atoms. The highest BCUT2D eigenvalue weighted by Crippen LogP contribution is 2.30. The van der Waals surface area contributed by atoms with E-state index in [0.717, 1.165) is 48.8 Å². The van der Waals surface area contributed by atoms with Gasteiger partial charge in [-0.3, -0.25) is 4.90 Å². The molecule has 1 aliphatic heterocycles.